The summed E-state index contributed by atoms with van der Waals surface area (Å²) in [5.74, 6) is 1.46. The molecule has 0 saturated heterocycles. The maximum absolute atomic E-state index is 5.79. The molecule has 3 N–H and O–H groups in total. The summed E-state index contributed by atoms with van der Waals surface area (Å²) in [6, 6.07) is 13.4. The molecule has 2 aromatic rings. The second kappa shape index (κ2) is 6.34. The van der Waals surface area contributed by atoms with E-state index in [2.05, 4.69) is 15.9 Å². The average molecular weight is 326 g/mol. The molecule has 2 aromatic carbocycles. The van der Waals surface area contributed by atoms with Crippen LogP contribution in [0.5, 0.6) is 11.5 Å². The largest absolute Gasteiger partial charge is 0.454 e. The van der Waals surface area contributed by atoms with Crippen LogP contribution in [0.2, 0.25) is 0 Å². The van der Waals surface area contributed by atoms with Gasteiger partial charge in [0.25, 0.3) is 6.17 Å². The minimum atomic E-state index is 0.248. The third-order valence-corrected chi connectivity index (χ3v) is 3.76. The first-order valence-electron chi connectivity index (χ1n) is 7.48. The number of nitrogens with two attached hydrogens (primary N) is 1. The van der Waals surface area contributed by atoms with E-state index in [1.807, 2.05) is 42.5 Å². The Kier molecular flexibility index (Phi) is 3.89. The van der Waals surface area contributed by atoms with Gasteiger partial charge in [0.05, 0.1) is 0 Å². The number of hydroxylamine groups is 1. The summed E-state index contributed by atoms with van der Waals surface area (Å²) in [7, 11) is 0. The summed E-state index contributed by atoms with van der Waals surface area (Å²) in [5.41, 5.74) is 11.5. The van der Waals surface area contributed by atoms with Gasteiger partial charge in [0.15, 0.2) is 11.5 Å². The molecule has 0 saturated carbocycles. The van der Waals surface area contributed by atoms with Gasteiger partial charge < -0.3 is 15.2 Å². The summed E-state index contributed by atoms with van der Waals surface area (Å²) in [6.45, 7) is 0.973. The number of fused-ring (bicyclic) bond motifs is 1. The second-order valence-corrected chi connectivity index (χ2v) is 5.25. The number of hydrogen-bond acceptors (Lipinski definition) is 8. The normalized spacial score (nSPS) is 15.8. The quantitative estimate of drug-likeness (QED) is 0.873. The average Bonchev–Trinajstić information content (AvgIpc) is 3.28. The van der Waals surface area contributed by atoms with Gasteiger partial charge in [-0.1, -0.05) is 35.6 Å². The lowest BCUT2D eigenvalue weighted by molar-refractivity contribution is -0.157. The molecule has 0 fully saturated rings. The van der Waals surface area contributed by atoms with Gasteiger partial charge in [0.2, 0.25) is 6.79 Å². The van der Waals surface area contributed by atoms with Gasteiger partial charge in [0, 0.05) is 12.1 Å². The molecule has 0 atom stereocenters. The fraction of sp³-hybridized carbons (Fsp3) is 0.188. The molecule has 123 valence electrons. The lowest BCUT2D eigenvalue weighted by Gasteiger charge is -2.21. The zero-order valence-corrected chi connectivity index (χ0v) is 12.8. The predicted molar refractivity (Wildman–Crippen MR) is 83.9 cm³/mol. The molecule has 8 nitrogen and oxygen atoms in total. The first-order chi connectivity index (χ1) is 11.8. The Labute approximate surface area is 138 Å². The summed E-state index contributed by atoms with van der Waals surface area (Å²) in [5, 5.41) is 9.13. The molecule has 0 bridgehead atoms. The van der Waals surface area contributed by atoms with Crippen molar-refractivity contribution >= 4 is 0 Å². The van der Waals surface area contributed by atoms with E-state index in [0.29, 0.717) is 19.3 Å². The van der Waals surface area contributed by atoms with E-state index < -0.39 is 0 Å². The highest BCUT2D eigenvalue weighted by Crippen LogP contribution is 2.33. The van der Waals surface area contributed by atoms with Crippen LogP contribution in [0.25, 0.3) is 0 Å². The predicted octanol–water partition coefficient (Wildman–Crippen LogP) is 2.03. The summed E-state index contributed by atoms with van der Waals surface area (Å²) < 4.78 is 10.7. The van der Waals surface area contributed by atoms with E-state index in [0.717, 1.165) is 28.2 Å². The standard InChI is InChI=1S/C16H16N5O3/c17-8-12-3-1-2-4-13(12)16-18-19-20-21(16)24-9-11-5-6-14-15(7-11)23-10-22-14/h1-7H,8-10,17H2,(H,18,20). The fourth-order valence-corrected chi connectivity index (χ4v) is 2.55. The number of benzene rings is 2. The molecule has 0 aliphatic carbocycles. The fourth-order valence-electron chi connectivity index (χ4n) is 2.55. The van der Waals surface area contributed by atoms with Crippen LogP contribution in [-0.4, -0.2) is 12.0 Å². The number of hydrogen-bond donors (Lipinski definition) is 2. The lowest BCUT2D eigenvalue weighted by atomic mass is 10.1. The Hall–Kier alpha value is -2.84. The Morgan fingerprint density at radius 3 is 2.96 bits per heavy atom. The first kappa shape index (κ1) is 14.7. The van der Waals surface area contributed by atoms with Crippen molar-refractivity contribution in [2.45, 2.75) is 13.2 Å². The summed E-state index contributed by atoms with van der Waals surface area (Å²) >= 11 is 0. The van der Waals surface area contributed by atoms with Crippen molar-refractivity contribution in [1.82, 2.24) is 10.6 Å². The van der Waals surface area contributed by atoms with Crippen LogP contribution < -0.4 is 20.6 Å². The van der Waals surface area contributed by atoms with Gasteiger partial charge in [-0.25, -0.2) is 4.84 Å². The van der Waals surface area contributed by atoms with E-state index >= 15 is 0 Å². The number of nitrogens with zero attached hydrogens (tertiary/aromatic N) is 3. The Balaban J connectivity index is 1.46. The van der Waals surface area contributed by atoms with Crippen LogP contribution in [0.1, 0.15) is 16.7 Å². The smallest absolute Gasteiger partial charge is 0.250 e. The highest BCUT2D eigenvalue weighted by atomic mass is 16.7. The van der Waals surface area contributed by atoms with Crippen molar-refractivity contribution in [3.8, 4) is 11.5 Å². The Morgan fingerprint density at radius 2 is 2.04 bits per heavy atom. The summed E-state index contributed by atoms with van der Waals surface area (Å²) in [4.78, 5) is 5.75. The first-order valence-corrected chi connectivity index (χ1v) is 7.48. The van der Waals surface area contributed by atoms with Crippen molar-refractivity contribution in [3.63, 3.8) is 0 Å². The van der Waals surface area contributed by atoms with Gasteiger partial charge in [0.1, 0.15) is 6.61 Å². The van der Waals surface area contributed by atoms with Gasteiger partial charge >= 0.3 is 0 Å². The van der Waals surface area contributed by atoms with Crippen LogP contribution in [0, 0.1) is 6.17 Å². The topological polar surface area (TPSA) is 93.7 Å². The molecular weight excluding hydrogens is 310 g/mol. The van der Waals surface area contributed by atoms with E-state index in [4.69, 9.17) is 20.0 Å². The number of ether oxygens (including phenoxy) is 2. The maximum Gasteiger partial charge on any atom is 0.250 e. The zero-order valence-electron chi connectivity index (χ0n) is 12.8. The molecular formula is C16H16N5O3. The maximum atomic E-state index is 5.79. The highest BCUT2D eigenvalue weighted by Gasteiger charge is 2.29. The molecule has 8 heteroatoms. The summed E-state index contributed by atoms with van der Waals surface area (Å²) in [6.07, 6.45) is 0.636. The third kappa shape index (κ3) is 2.72. The van der Waals surface area contributed by atoms with Crippen molar-refractivity contribution in [2.75, 3.05) is 6.79 Å². The van der Waals surface area contributed by atoms with Gasteiger partial charge in [-0.15, -0.1) is 5.17 Å². The number of nitrogens with one attached hydrogen (secondary N) is 1. The van der Waals surface area contributed by atoms with Crippen LogP contribution in [0.4, 0.5) is 0 Å². The third-order valence-electron chi connectivity index (χ3n) is 3.76. The van der Waals surface area contributed by atoms with E-state index in [1.54, 1.807) is 0 Å². The van der Waals surface area contributed by atoms with Crippen molar-refractivity contribution in [3.05, 3.63) is 65.3 Å². The highest BCUT2D eigenvalue weighted by molar-refractivity contribution is 5.44. The molecule has 2 aliphatic rings. The van der Waals surface area contributed by atoms with Crippen molar-refractivity contribution in [1.29, 1.82) is 0 Å². The van der Waals surface area contributed by atoms with Gasteiger partial charge in [-0.2, -0.15) is 0 Å². The molecule has 2 heterocycles. The molecule has 2 aliphatic heterocycles. The van der Waals surface area contributed by atoms with E-state index in [-0.39, 0.29) is 6.79 Å². The molecule has 0 amide bonds. The molecule has 0 spiro atoms. The minimum absolute atomic E-state index is 0.248. The zero-order chi connectivity index (χ0) is 16.4. The Morgan fingerprint density at radius 1 is 1.17 bits per heavy atom. The number of rotatable bonds is 5. The lowest BCUT2D eigenvalue weighted by Crippen LogP contribution is -2.29. The van der Waals surface area contributed by atoms with E-state index in [1.165, 1.54) is 5.17 Å². The monoisotopic (exact) mass is 326 g/mol. The van der Waals surface area contributed by atoms with Crippen LogP contribution in [0.15, 0.2) is 52.9 Å². The second-order valence-electron chi connectivity index (χ2n) is 5.25. The van der Waals surface area contributed by atoms with Gasteiger partial charge in [-0.05, 0) is 28.5 Å². The molecule has 1 radical (unpaired) electrons. The molecule has 4 rings (SSSR count). The SMILES string of the molecule is NCc1ccccc1[C]1NN=NN1OCc1ccc2c(c1)OCO2. The van der Waals surface area contributed by atoms with Gasteiger partial charge in [-0.3, -0.25) is 5.43 Å². The molecule has 0 aromatic heterocycles. The van der Waals surface area contributed by atoms with Crippen LogP contribution in [0.3, 0.4) is 0 Å². The van der Waals surface area contributed by atoms with Crippen molar-refractivity contribution < 1.29 is 14.3 Å². The van der Waals surface area contributed by atoms with E-state index in [9.17, 15) is 0 Å². The molecule has 0 unspecified atom stereocenters. The molecule has 24 heavy (non-hydrogen) atoms. The van der Waals surface area contributed by atoms with Crippen LogP contribution >= 0.6 is 0 Å². The minimum Gasteiger partial charge on any atom is -0.454 e. The van der Waals surface area contributed by atoms with Crippen LogP contribution in [-0.2, 0) is 18.0 Å². The Bertz CT molecular complexity index is 767. The van der Waals surface area contributed by atoms with Crippen molar-refractivity contribution in [2.24, 2.45) is 16.2 Å².